The van der Waals surface area contributed by atoms with Crippen molar-refractivity contribution in [2.24, 2.45) is 5.41 Å². The Labute approximate surface area is 176 Å². The largest absolute Gasteiger partial charge is 0.337 e. The third-order valence-corrected chi connectivity index (χ3v) is 6.07. The SMILES string of the molecule is CC1(C)CC(=O)c2cc(C(=O)N3CCCN(Cc4ccccc4)CC3)c(=O)[nH]c2C1. The second-order valence-corrected chi connectivity index (χ2v) is 9.25. The Balaban J connectivity index is 1.49. The topological polar surface area (TPSA) is 73.5 Å². The van der Waals surface area contributed by atoms with Gasteiger partial charge >= 0.3 is 0 Å². The molecule has 0 unspecified atom stereocenters. The zero-order chi connectivity index (χ0) is 21.3. The van der Waals surface area contributed by atoms with E-state index in [-0.39, 0.29) is 22.7 Å². The van der Waals surface area contributed by atoms with Crippen LogP contribution in [0.2, 0.25) is 0 Å². The number of H-pyrrole nitrogens is 1. The lowest BCUT2D eigenvalue weighted by Gasteiger charge is -2.30. The first-order valence-electron chi connectivity index (χ1n) is 10.7. The molecule has 1 amide bonds. The molecule has 2 aromatic rings. The van der Waals surface area contributed by atoms with Crippen LogP contribution >= 0.6 is 0 Å². The Morgan fingerprint density at radius 2 is 1.80 bits per heavy atom. The smallest absolute Gasteiger partial charge is 0.261 e. The zero-order valence-corrected chi connectivity index (χ0v) is 17.7. The van der Waals surface area contributed by atoms with Gasteiger partial charge in [-0.2, -0.15) is 0 Å². The highest BCUT2D eigenvalue weighted by Gasteiger charge is 2.33. The van der Waals surface area contributed by atoms with E-state index in [1.165, 1.54) is 11.6 Å². The highest BCUT2D eigenvalue weighted by molar-refractivity contribution is 6.02. The summed E-state index contributed by atoms with van der Waals surface area (Å²) in [6, 6.07) is 11.8. The Bertz CT molecular complexity index is 1010. The van der Waals surface area contributed by atoms with Gasteiger partial charge in [0.1, 0.15) is 5.56 Å². The average molecular weight is 408 g/mol. The molecule has 1 aromatic heterocycles. The fourth-order valence-corrected chi connectivity index (χ4v) is 4.53. The third kappa shape index (κ3) is 4.38. The van der Waals surface area contributed by atoms with Crippen LogP contribution in [0, 0.1) is 5.41 Å². The molecule has 1 saturated heterocycles. The summed E-state index contributed by atoms with van der Waals surface area (Å²) in [5, 5.41) is 0. The van der Waals surface area contributed by atoms with E-state index in [1.807, 2.05) is 32.0 Å². The normalized spacial score (nSPS) is 19.3. The summed E-state index contributed by atoms with van der Waals surface area (Å²) in [6.45, 7) is 7.74. The Hall–Kier alpha value is -2.73. The number of Topliss-reactive ketones (excluding diaryl/α,β-unsaturated/α-hetero) is 1. The van der Waals surface area contributed by atoms with Crippen molar-refractivity contribution < 1.29 is 9.59 Å². The molecule has 6 nitrogen and oxygen atoms in total. The Kier molecular flexibility index (Phi) is 5.60. The van der Waals surface area contributed by atoms with Gasteiger partial charge in [-0.1, -0.05) is 44.2 Å². The second kappa shape index (κ2) is 8.19. The molecule has 0 atom stereocenters. The number of hydrogen-bond acceptors (Lipinski definition) is 4. The number of carbonyl (C=O) groups excluding carboxylic acids is 2. The van der Waals surface area contributed by atoms with Crippen LogP contribution < -0.4 is 5.56 Å². The zero-order valence-electron chi connectivity index (χ0n) is 17.7. The molecule has 1 aliphatic carbocycles. The number of benzene rings is 1. The van der Waals surface area contributed by atoms with E-state index in [0.29, 0.717) is 37.2 Å². The van der Waals surface area contributed by atoms with Gasteiger partial charge in [-0.3, -0.25) is 19.3 Å². The fourth-order valence-electron chi connectivity index (χ4n) is 4.53. The number of hydrogen-bond donors (Lipinski definition) is 1. The van der Waals surface area contributed by atoms with Crippen LogP contribution in [0.25, 0.3) is 0 Å². The van der Waals surface area contributed by atoms with Crippen LogP contribution in [0.5, 0.6) is 0 Å². The molecule has 1 aliphatic heterocycles. The molecule has 2 heterocycles. The summed E-state index contributed by atoms with van der Waals surface area (Å²) in [7, 11) is 0. The summed E-state index contributed by atoms with van der Waals surface area (Å²) >= 11 is 0. The monoisotopic (exact) mass is 407 g/mol. The number of pyridine rings is 1. The maximum atomic E-state index is 13.1. The van der Waals surface area contributed by atoms with Crippen LogP contribution in [0.4, 0.5) is 0 Å². The van der Waals surface area contributed by atoms with Crippen molar-refractivity contribution in [3.05, 3.63) is 69.1 Å². The van der Waals surface area contributed by atoms with Crippen LogP contribution in [0.15, 0.2) is 41.2 Å². The molecule has 0 saturated carbocycles. The maximum Gasteiger partial charge on any atom is 0.261 e. The van der Waals surface area contributed by atoms with Crippen molar-refractivity contribution in [3.8, 4) is 0 Å². The summed E-state index contributed by atoms with van der Waals surface area (Å²) in [5.74, 6) is -0.283. The minimum Gasteiger partial charge on any atom is -0.337 e. The van der Waals surface area contributed by atoms with Crippen molar-refractivity contribution in [1.29, 1.82) is 0 Å². The Morgan fingerprint density at radius 3 is 2.57 bits per heavy atom. The quantitative estimate of drug-likeness (QED) is 0.849. The van der Waals surface area contributed by atoms with Crippen LogP contribution in [-0.2, 0) is 13.0 Å². The molecule has 0 bridgehead atoms. The number of fused-ring (bicyclic) bond motifs is 1. The fraction of sp³-hybridized carbons (Fsp3) is 0.458. The van der Waals surface area contributed by atoms with Crippen molar-refractivity contribution in [2.75, 3.05) is 26.2 Å². The van der Waals surface area contributed by atoms with Gasteiger partial charge in [0, 0.05) is 50.4 Å². The van der Waals surface area contributed by atoms with E-state index in [1.54, 1.807) is 4.90 Å². The molecule has 158 valence electrons. The van der Waals surface area contributed by atoms with Crippen LogP contribution in [0.3, 0.4) is 0 Å². The second-order valence-electron chi connectivity index (χ2n) is 9.25. The van der Waals surface area contributed by atoms with Gasteiger partial charge in [-0.25, -0.2) is 0 Å². The van der Waals surface area contributed by atoms with Crippen molar-refractivity contribution in [3.63, 3.8) is 0 Å². The number of aromatic nitrogens is 1. The molecule has 4 rings (SSSR count). The van der Waals surface area contributed by atoms with E-state index >= 15 is 0 Å². The van der Waals surface area contributed by atoms with Crippen molar-refractivity contribution >= 4 is 11.7 Å². The first-order chi connectivity index (χ1) is 14.3. The minimum absolute atomic E-state index is 0.00328. The number of ketones is 1. The number of nitrogens with zero attached hydrogens (tertiary/aromatic N) is 2. The predicted octanol–water partition coefficient (Wildman–Crippen LogP) is 2.88. The third-order valence-electron chi connectivity index (χ3n) is 6.07. The molecule has 2 aliphatic rings. The van der Waals surface area contributed by atoms with Gasteiger partial charge < -0.3 is 9.88 Å². The first kappa shape index (κ1) is 20.5. The minimum atomic E-state index is -0.394. The lowest BCUT2D eigenvalue weighted by molar-refractivity contribution is 0.0759. The highest BCUT2D eigenvalue weighted by Crippen LogP contribution is 2.33. The molecule has 30 heavy (non-hydrogen) atoms. The summed E-state index contributed by atoms with van der Waals surface area (Å²) in [5.41, 5.74) is 1.92. The van der Waals surface area contributed by atoms with Gasteiger partial charge in [0.25, 0.3) is 11.5 Å². The van der Waals surface area contributed by atoms with Crippen molar-refractivity contribution in [2.45, 2.75) is 39.7 Å². The van der Waals surface area contributed by atoms with Gasteiger partial charge in [0.15, 0.2) is 5.78 Å². The maximum absolute atomic E-state index is 13.1. The van der Waals surface area contributed by atoms with Crippen molar-refractivity contribution in [1.82, 2.24) is 14.8 Å². The summed E-state index contributed by atoms with van der Waals surface area (Å²) in [6.07, 6.45) is 1.92. The number of rotatable bonds is 3. The van der Waals surface area contributed by atoms with E-state index in [9.17, 15) is 14.4 Å². The number of carbonyl (C=O) groups is 2. The molecule has 1 N–H and O–H groups in total. The molecule has 1 aromatic carbocycles. The average Bonchev–Trinajstić information content (AvgIpc) is 2.92. The van der Waals surface area contributed by atoms with Crippen LogP contribution in [0.1, 0.15) is 58.7 Å². The summed E-state index contributed by atoms with van der Waals surface area (Å²) < 4.78 is 0. The molecule has 0 radical (unpaired) electrons. The molecular formula is C24H29N3O3. The number of nitrogens with one attached hydrogen (secondary N) is 1. The standard InChI is InChI=1S/C24H29N3O3/c1-24(2)14-20-18(21(28)15-24)13-19(22(29)25-20)23(30)27-10-6-9-26(11-12-27)16-17-7-4-3-5-8-17/h3-5,7-8,13H,6,9-12,14-16H2,1-2H3,(H,25,29). The Morgan fingerprint density at radius 1 is 1.03 bits per heavy atom. The molecular weight excluding hydrogens is 378 g/mol. The van der Waals surface area contributed by atoms with E-state index in [4.69, 9.17) is 0 Å². The van der Waals surface area contributed by atoms with E-state index in [2.05, 4.69) is 22.0 Å². The lowest BCUT2D eigenvalue weighted by Crippen LogP contribution is -2.39. The van der Waals surface area contributed by atoms with Crippen LogP contribution in [-0.4, -0.2) is 52.7 Å². The summed E-state index contributed by atoms with van der Waals surface area (Å²) in [4.78, 5) is 45.3. The van der Waals surface area contributed by atoms with Gasteiger partial charge in [-0.15, -0.1) is 0 Å². The first-order valence-corrected chi connectivity index (χ1v) is 10.7. The predicted molar refractivity (Wildman–Crippen MR) is 116 cm³/mol. The van der Waals surface area contributed by atoms with Gasteiger partial charge in [0.2, 0.25) is 0 Å². The number of amides is 1. The van der Waals surface area contributed by atoms with E-state index < -0.39 is 5.56 Å². The highest BCUT2D eigenvalue weighted by atomic mass is 16.2. The van der Waals surface area contributed by atoms with E-state index in [0.717, 1.165) is 26.1 Å². The molecule has 6 heteroatoms. The van der Waals surface area contributed by atoms with Gasteiger partial charge in [0.05, 0.1) is 0 Å². The molecule has 0 spiro atoms. The van der Waals surface area contributed by atoms with Gasteiger partial charge in [-0.05, 0) is 29.9 Å². The lowest BCUT2D eigenvalue weighted by atomic mass is 9.75. The molecule has 1 fully saturated rings. The number of aromatic amines is 1.